The Labute approximate surface area is 148 Å². The van der Waals surface area contributed by atoms with Gasteiger partial charge in [-0.25, -0.2) is 4.79 Å². The predicted octanol–water partition coefficient (Wildman–Crippen LogP) is 5.78. The van der Waals surface area contributed by atoms with Crippen LogP contribution in [0.25, 0.3) is 10.8 Å². The van der Waals surface area contributed by atoms with Crippen molar-refractivity contribution in [3.63, 3.8) is 0 Å². The molecular formula is C22H23NO2. The van der Waals surface area contributed by atoms with Crippen molar-refractivity contribution in [1.29, 1.82) is 0 Å². The van der Waals surface area contributed by atoms with Gasteiger partial charge in [0.05, 0.1) is 12.2 Å². The monoisotopic (exact) mass is 333 g/mol. The van der Waals surface area contributed by atoms with Crippen LogP contribution >= 0.6 is 0 Å². The number of carbonyl (C=O) groups is 1. The normalized spacial score (nSPS) is 11.3. The van der Waals surface area contributed by atoms with Crippen LogP contribution in [0.5, 0.6) is 0 Å². The summed E-state index contributed by atoms with van der Waals surface area (Å²) in [6.07, 6.45) is -0.340. The molecule has 0 fully saturated rings. The molecule has 3 nitrogen and oxygen atoms in total. The van der Waals surface area contributed by atoms with Crippen LogP contribution < -0.4 is 4.90 Å². The summed E-state index contributed by atoms with van der Waals surface area (Å²) < 4.78 is 5.66. The van der Waals surface area contributed by atoms with E-state index in [1.165, 1.54) is 0 Å². The number of hydrogen-bond acceptors (Lipinski definition) is 2. The molecule has 0 spiro atoms. The van der Waals surface area contributed by atoms with E-state index in [2.05, 4.69) is 12.1 Å². The van der Waals surface area contributed by atoms with Gasteiger partial charge in [0, 0.05) is 5.39 Å². The van der Waals surface area contributed by atoms with Crippen LogP contribution in [0, 0.1) is 0 Å². The van der Waals surface area contributed by atoms with Gasteiger partial charge in [-0.1, -0.05) is 66.7 Å². The highest BCUT2D eigenvalue weighted by Crippen LogP contribution is 2.29. The molecule has 25 heavy (non-hydrogen) atoms. The Kier molecular flexibility index (Phi) is 4.75. The third kappa shape index (κ3) is 4.18. The Bertz CT molecular complexity index is 861. The van der Waals surface area contributed by atoms with E-state index in [1.54, 1.807) is 4.90 Å². The lowest BCUT2D eigenvalue weighted by Crippen LogP contribution is -2.36. The molecule has 0 radical (unpaired) electrons. The van der Waals surface area contributed by atoms with Gasteiger partial charge in [-0.05, 0) is 37.8 Å². The van der Waals surface area contributed by atoms with Gasteiger partial charge in [-0.2, -0.15) is 0 Å². The van der Waals surface area contributed by atoms with E-state index in [4.69, 9.17) is 4.74 Å². The number of rotatable bonds is 3. The minimum Gasteiger partial charge on any atom is -0.443 e. The summed E-state index contributed by atoms with van der Waals surface area (Å²) >= 11 is 0. The fraction of sp³-hybridized carbons (Fsp3) is 0.227. The number of hydrogen-bond donors (Lipinski definition) is 0. The largest absolute Gasteiger partial charge is 0.443 e. The van der Waals surface area contributed by atoms with Gasteiger partial charge < -0.3 is 4.74 Å². The Morgan fingerprint density at radius 1 is 0.880 bits per heavy atom. The minimum atomic E-state index is -0.545. The summed E-state index contributed by atoms with van der Waals surface area (Å²) in [5, 5.41) is 2.13. The second-order valence-corrected chi connectivity index (χ2v) is 7.05. The Morgan fingerprint density at radius 3 is 2.24 bits per heavy atom. The molecule has 0 atom stereocenters. The molecule has 0 bridgehead atoms. The highest BCUT2D eigenvalue weighted by molar-refractivity contribution is 6.01. The van der Waals surface area contributed by atoms with Crippen LogP contribution in [-0.2, 0) is 11.3 Å². The average molecular weight is 333 g/mol. The van der Waals surface area contributed by atoms with E-state index < -0.39 is 5.60 Å². The zero-order valence-corrected chi connectivity index (χ0v) is 14.9. The first-order valence-electron chi connectivity index (χ1n) is 8.46. The van der Waals surface area contributed by atoms with E-state index in [0.717, 1.165) is 22.0 Å². The maximum atomic E-state index is 12.9. The SMILES string of the molecule is CC(C)(C)OC(=O)N(Cc1ccccc1)c1cccc2ccccc12. The molecule has 3 aromatic rings. The third-order valence-corrected chi connectivity index (χ3v) is 3.85. The molecule has 0 unspecified atom stereocenters. The van der Waals surface area contributed by atoms with E-state index in [-0.39, 0.29) is 6.09 Å². The number of carbonyl (C=O) groups excluding carboxylic acids is 1. The molecule has 128 valence electrons. The van der Waals surface area contributed by atoms with E-state index in [1.807, 2.05) is 81.4 Å². The van der Waals surface area contributed by atoms with Crippen LogP contribution in [0.1, 0.15) is 26.3 Å². The van der Waals surface area contributed by atoms with Gasteiger partial charge in [0.15, 0.2) is 0 Å². The summed E-state index contributed by atoms with van der Waals surface area (Å²) in [5.41, 5.74) is 1.37. The molecule has 3 aromatic carbocycles. The van der Waals surface area contributed by atoms with Crippen LogP contribution in [-0.4, -0.2) is 11.7 Å². The maximum absolute atomic E-state index is 12.9. The molecule has 0 aliphatic heterocycles. The molecule has 0 saturated heterocycles. The van der Waals surface area contributed by atoms with Gasteiger partial charge in [0.1, 0.15) is 5.60 Å². The fourth-order valence-electron chi connectivity index (χ4n) is 2.77. The van der Waals surface area contributed by atoms with Gasteiger partial charge in [-0.15, -0.1) is 0 Å². The maximum Gasteiger partial charge on any atom is 0.415 e. The zero-order chi connectivity index (χ0) is 17.9. The van der Waals surface area contributed by atoms with E-state index in [9.17, 15) is 4.79 Å². The second kappa shape index (κ2) is 6.98. The molecule has 0 aliphatic carbocycles. The van der Waals surface area contributed by atoms with Gasteiger partial charge >= 0.3 is 6.09 Å². The number of benzene rings is 3. The molecule has 0 aromatic heterocycles. The smallest absolute Gasteiger partial charge is 0.415 e. The number of fused-ring (bicyclic) bond motifs is 1. The highest BCUT2D eigenvalue weighted by atomic mass is 16.6. The number of nitrogens with zero attached hydrogens (tertiary/aromatic N) is 1. The zero-order valence-electron chi connectivity index (χ0n) is 14.9. The third-order valence-electron chi connectivity index (χ3n) is 3.85. The standard InChI is InChI=1S/C22H23NO2/c1-22(2,3)25-21(24)23(16-17-10-5-4-6-11-17)20-15-9-13-18-12-7-8-14-19(18)20/h4-15H,16H2,1-3H3. The van der Waals surface area contributed by atoms with Crippen molar-refractivity contribution in [3.8, 4) is 0 Å². The summed E-state index contributed by atoms with van der Waals surface area (Å²) in [7, 11) is 0. The molecule has 1 amide bonds. The summed E-state index contributed by atoms with van der Waals surface area (Å²) in [6, 6.07) is 24.0. The first kappa shape index (κ1) is 17.0. The first-order valence-corrected chi connectivity index (χ1v) is 8.46. The van der Waals surface area contributed by atoms with Crippen LogP contribution in [0.3, 0.4) is 0 Å². The Balaban J connectivity index is 2.05. The summed E-state index contributed by atoms with van der Waals surface area (Å²) in [5.74, 6) is 0. The molecule has 0 N–H and O–H groups in total. The van der Waals surface area contributed by atoms with Crippen molar-refractivity contribution in [1.82, 2.24) is 0 Å². The Morgan fingerprint density at radius 2 is 1.52 bits per heavy atom. The topological polar surface area (TPSA) is 29.5 Å². The lowest BCUT2D eigenvalue weighted by atomic mass is 10.1. The lowest BCUT2D eigenvalue weighted by molar-refractivity contribution is 0.0578. The first-order chi connectivity index (χ1) is 11.9. The predicted molar refractivity (Wildman–Crippen MR) is 103 cm³/mol. The van der Waals surface area contributed by atoms with Crippen molar-refractivity contribution in [2.75, 3.05) is 4.90 Å². The molecule has 0 aliphatic rings. The fourth-order valence-corrected chi connectivity index (χ4v) is 2.77. The molecule has 3 heteroatoms. The molecule has 0 heterocycles. The van der Waals surface area contributed by atoms with Crippen LogP contribution in [0.4, 0.5) is 10.5 Å². The summed E-state index contributed by atoms with van der Waals surface area (Å²) in [6.45, 7) is 6.11. The van der Waals surface area contributed by atoms with E-state index >= 15 is 0 Å². The number of amides is 1. The second-order valence-electron chi connectivity index (χ2n) is 7.05. The van der Waals surface area contributed by atoms with E-state index in [0.29, 0.717) is 6.54 Å². The van der Waals surface area contributed by atoms with Crippen LogP contribution in [0.2, 0.25) is 0 Å². The van der Waals surface area contributed by atoms with Crippen LogP contribution in [0.15, 0.2) is 72.8 Å². The van der Waals surface area contributed by atoms with Crippen molar-refractivity contribution in [3.05, 3.63) is 78.4 Å². The highest BCUT2D eigenvalue weighted by Gasteiger charge is 2.24. The average Bonchev–Trinajstić information content (AvgIpc) is 2.59. The van der Waals surface area contributed by atoms with Crippen molar-refractivity contribution in [2.45, 2.75) is 32.9 Å². The van der Waals surface area contributed by atoms with Gasteiger partial charge in [0.2, 0.25) is 0 Å². The quantitative estimate of drug-likeness (QED) is 0.608. The molecule has 0 saturated carbocycles. The molecular weight excluding hydrogens is 310 g/mol. The lowest BCUT2D eigenvalue weighted by Gasteiger charge is -2.28. The van der Waals surface area contributed by atoms with Crippen molar-refractivity contribution in [2.24, 2.45) is 0 Å². The van der Waals surface area contributed by atoms with Crippen molar-refractivity contribution < 1.29 is 9.53 Å². The Hall–Kier alpha value is -2.81. The summed E-state index contributed by atoms with van der Waals surface area (Å²) in [4.78, 5) is 14.6. The number of ether oxygens (including phenoxy) is 1. The minimum absolute atomic E-state index is 0.340. The van der Waals surface area contributed by atoms with Gasteiger partial charge in [-0.3, -0.25) is 4.90 Å². The molecule has 3 rings (SSSR count). The van der Waals surface area contributed by atoms with Gasteiger partial charge in [0.25, 0.3) is 0 Å². The van der Waals surface area contributed by atoms with Crippen molar-refractivity contribution >= 4 is 22.6 Å². The number of anilines is 1.